The molecule has 0 radical (unpaired) electrons. The first kappa shape index (κ1) is 9.97. The van der Waals surface area contributed by atoms with Gasteiger partial charge in [0, 0.05) is 19.6 Å². The number of nitrogens with one attached hydrogen (secondary N) is 1. The van der Waals surface area contributed by atoms with E-state index in [1.54, 1.807) is 0 Å². The van der Waals surface area contributed by atoms with Crippen molar-refractivity contribution < 1.29 is 4.79 Å². The summed E-state index contributed by atoms with van der Waals surface area (Å²) in [5.41, 5.74) is -0.114. The first-order chi connectivity index (χ1) is 6.72. The number of carbonyl (C=O) groups is 1. The summed E-state index contributed by atoms with van der Waals surface area (Å²) in [6.07, 6.45) is 4.67. The molecule has 3 heteroatoms. The minimum atomic E-state index is -0.114. The van der Waals surface area contributed by atoms with Crippen LogP contribution in [-0.2, 0) is 4.79 Å². The zero-order valence-electron chi connectivity index (χ0n) is 9.01. The van der Waals surface area contributed by atoms with Crippen molar-refractivity contribution in [3.8, 4) is 0 Å². The average Bonchev–Trinajstić information content (AvgIpc) is 2.67. The third-order valence-electron chi connectivity index (χ3n) is 3.53. The zero-order chi connectivity index (χ0) is 10.0. The molecule has 0 spiro atoms. The van der Waals surface area contributed by atoms with Gasteiger partial charge in [0.1, 0.15) is 0 Å². The molecule has 14 heavy (non-hydrogen) atoms. The Hall–Kier alpha value is -0.570. The smallest absolute Gasteiger partial charge is 0.229 e. The van der Waals surface area contributed by atoms with Gasteiger partial charge in [-0.05, 0) is 39.2 Å². The van der Waals surface area contributed by atoms with Crippen LogP contribution in [0, 0.1) is 5.41 Å². The summed E-state index contributed by atoms with van der Waals surface area (Å²) < 4.78 is 0. The molecule has 2 heterocycles. The summed E-state index contributed by atoms with van der Waals surface area (Å²) in [5.74, 6) is 0.377. The van der Waals surface area contributed by atoms with Crippen LogP contribution in [0.1, 0.15) is 32.6 Å². The highest BCUT2D eigenvalue weighted by molar-refractivity contribution is 5.83. The normalized spacial score (nSPS) is 33.4. The van der Waals surface area contributed by atoms with Gasteiger partial charge in [0.25, 0.3) is 0 Å². The molecule has 0 aromatic heterocycles. The lowest BCUT2D eigenvalue weighted by atomic mass is 9.87. The van der Waals surface area contributed by atoms with Crippen LogP contribution in [0.5, 0.6) is 0 Å². The molecule has 3 nitrogen and oxygen atoms in total. The SMILES string of the molecule is CC1(C(=O)N2CCCCC2)CCNC1. The van der Waals surface area contributed by atoms with Gasteiger partial charge in [-0.2, -0.15) is 0 Å². The summed E-state index contributed by atoms with van der Waals surface area (Å²) in [6.45, 7) is 5.92. The minimum Gasteiger partial charge on any atom is -0.342 e. The highest BCUT2D eigenvalue weighted by Crippen LogP contribution is 2.28. The number of hydrogen-bond donors (Lipinski definition) is 1. The van der Waals surface area contributed by atoms with Crippen molar-refractivity contribution in [3.05, 3.63) is 0 Å². The standard InChI is InChI=1S/C11H20N2O/c1-11(5-6-12-9-11)10(14)13-7-3-2-4-8-13/h12H,2-9H2,1H3. The van der Waals surface area contributed by atoms with E-state index >= 15 is 0 Å². The van der Waals surface area contributed by atoms with Gasteiger partial charge >= 0.3 is 0 Å². The van der Waals surface area contributed by atoms with Crippen LogP contribution in [0.15, 0.2) is 0 Å². The molecule has 0 aliphatic carbocycles. The second kappa shape index (κ2) is 3.89. The Kier molecular flexibility index (Phi) is 2.77. The molecule has 2 saturated heterocycles. The van der Waals surface area contributed by atoms with E-state index in [2.05, 4.69) is 17.1 Å². The van der Waals surface area contributed by atoms with E-state index in [0.717, 1.165) is 32.6 Å². The van der Waals surface area contributed by atoms with E-state index in [0.29, 0.717) is 5.91 Å². The van der Waals surface area contributed by atoms with Gasteiger partial charge in [-0.1, -0.05) is 0 Å². The molecule has 0 aromatic carbocycles. The molecule has 2 rings (SSSR count). The van der Waals surface area contributed by atoms with Crippen LogP contribution in [0.25, 0.3) is 0 Å². The average molecular weight is 196 g/mol. The third-order valence-corrected chi connectivity index (χ3v) is 3.53. The Labute approximate surface area is 85.8 Å². The highest BCUT2D eigenvalue weighted by atomic mass is 16.2. The van der Waals surface area contributed by atoms with E-state index in [1.807, 2.05) is 0 Å². The number of nitrogens with zero attached hydrogens (tertiary/aromatic N) is 1. The fourth-order valence-corrected chi connectivity index (χ4v) is 2.48. The molecule has 1 N–H and O–H groups in total. The summed E-state index contributed by atoms with van der Waals surface area (Å²) in [7, 11) is 0. The maximum absolute atomic E-state index is 12.2. The second-order valence-electron chi connectivity index (χ2n) is 4.84. The number of amides is 1. The Bertz CT molecular complexity index is 215. The highest BCUT2D eigenvalue weighted by Gasteiger charge is 2.39. The first-order valence-electron chi connectivity index (χ1n) is 5.72. The predicted octanol–water partition coefficient (Wildman–Crippen LogP) is 0.998. The summed E-state index contributed by atoms with van der Waals surface area (Å²) in [6, 6.07) is 0. The van der Waals surface area contributed by atoms with Gasteiger partial charge in [0.2, 0.25) is 5.91 Å². The molecule has 1 amide bonds. The maximum atomic E-state index is 12.2. The van der Waals surface area contributed by atoms with Crippen LogP contribution < -0.4 is 5.32 Å². The molecular weight excluding hydrogens is 176 g/mol. The Balaban J connectivity index is 1.98. The molecule has 80 valence electrons. The fraction of sp³-hybridized carbons (Fsp3) is 0.909. The first-order valence-corrected chi connectivity index (χ1v) is 5.72. The van der Waals surface area contributed by atoms with Crippen molar-refractivity contribution in [2.75, 3.05) is 26.2 Å². The van der Waals surface area contributed by atoms with Crippen molar-refractivity contribution in [1.82, 2.24) is 10.2 Å². The Morgan fingerprint density at radius 2 is 2.00 bits per heavy atom. The van der Waals surface area contributed by atoms with Gasteiger partial charge in [-0.3, -0.25) is 4.79 Å². The molecule has 2 fully saturated rings. The van der Waals surface area contributed by atoms with Crippen LogP contribution in [0.4, 0.5) is 0 Å². The van der Waals surface area contributed by atoms with E-state index < -0.39 is 0 Å². The van der Waals surface area contributed by atoms with Gasteiger partial charge in [-0.15, -0.1) is 0 Å². The number of hydrogen-bond acceptors (Lipinski definition) is 2. The molecule has 1 unspecified atom stereocenters. The second-order valence-corrected chi connectivity index (χ2v) is 4.84. The zero-order valence-corrected chi connectivity index (χ0v) is 9.01. The van der Waals surface area contributed by atoms with Crippen LogP contribution in [-0.4, -0.2) is 37.0 Å². The molecular formula is C11H20N2O. The maximum Gasteiger partial charge on any atom is 0.229 e. The summed E-state index contributed by atoms with van der Waals surface area (Å²) >= 11 is 0. The topological polar surface area (TPSA) is 32.3 Å². The lowest BCUT2D eigenvalue weighted by Gasteiger charge is -2.33. The molecule has 0 bridgehead atoms. The van der Waals surface area contributed by atoms with Gasteiger partial charge < -0.3 is 10.2 Å². The van der Waals surface area contributed by atoms with Gasteiger partial charge in [-0.25, -0.2) is 0 Å². The monoisotopic (exact) mass is 196 g/mol. The molecule has 2 aliphatic heterocycles. The quantitative estimate of drug-likeness (QED) is 0.678. The van der Waals surface area contributed by atoms with Crippen molar-refractivity contribution in [2.24, 2.45) is 5.41 Å². The summed E-state index contributed by atoms with van der Waals surface area (Å²) in [5, 5.41) is 3.29. The van der Waals surface area contributed by atoms with Crippen LogP contribution >= 0.6 is 0 Å². The van der Waals surface area contributed by atoms with E-state index in [4.69, 9.17) is 0 Å². The van der Waals surface area contributed by atoms with E-state index in [1.165, 1.54) is 19.3 Å². The van der Waals surface area contributed by atoms with E-state index in [-0.39, 0.29) is 5.41 Å². The van der Waals surface area contributed by atoms with Crippen molar-refractivity contribution >= 4 is 5.91 Å². The van der Waals surface area contributed by atoms with Crippen molar-refractivity contribution in [3.63, 3.8) is 0 Å². The predicted molar refractivity (Wildman–Crippen MR) is 56.0 cm³/mol. The van der Waals surface area contributed by atoms with Crippen LogP contribution in [0.2, 0.25) is 0 Å². The Morgan fingerprint density at radius 3 is 2.57 bits per heavy atom. The lowest BCUT2D eigenvalue weighted by Crippen LogP contribution is -2.45. The largest absolute Gasteiger partial charge is 0.342 e. The fourth-order valence-electron chi connectivity index (χ4n) is 2.48. The van der Waals surface area contributed by atoms with Crippen molar-refractivity contribution in [1.29, 1.82) is 0 Å². The summed E-state index contributed by atoms with van der Waals surface area (Å²) in [4.78, 5) is 14.3. The van der Waals surface area contributed by atoms with Crippen LogP contribution in [0.3, 0.4) is 0 Å². The van der Waals surface area contributed by atoms with Crippen molar-refractivity contribution in [2.45, 2.75) is 32.6 Å². The third kappa shape index (κ3) is 1.78. The molecule has 2 aliphatic rings. The minimum absolute atomic E-state index is 0.114. The molecule has 0 saturated carbocycles. The van der Waals surface area contributed by atoms with E-state index in [9.17, 15) is 4.79 Å². The number of rotatable bonds is 1. The Morgan fingerprint density at radius 1 is 1.29 bits per heavy atom. The number of carbonyl (C=O) groups excluding carboxylic acids is 1. The lowest BCUT2D eigenvalue weighted by molar-refractivity contribution is -0.141. The molecule has 0 aromatic rings. The number of piperidine rings is 1. The van der Waals surface area contributed by atoms with Gasteiger partial charge in [0.15, 0.2) is 0 Å². The molecule has 1 atom stereocenters. The van der Waals surface area contributed by atoms with Gasteiger partial charge in [0.05, 0.1) is 5.41 Å². The number of likely N-dealkylation sites (tertiary alicyclic amines) is 1.